The molecule has 0 amide bonds. The lowest BCUT2D eigenvalue weighted by Crippen LogP contribution is -2.27. The Bertz CT molecular complexity index is 564. The highest BCUT2D eigenvalue weighted by atomic mass is 35.5. The molecule has 0 saturated carbocycles. The summed E-state index contributed by atoms with van der Waals surface area (Å²) in [6.07, 6.45) is 1.82. The molecule has 2 rings (SSSR count). The molecule has 0 atom stereocenters. The van der Waals surface area contributed by atoms with Crippen LogP contribution in [0.15, 0.2) is 28.8 Å². The second-order valence-corrected chi connectivity index (χ2v) is 4.96. The molecule has 0 aliphatic rings. The summed E-state index contributed by atoms with van der Waals surface area (Å²) in [5, 5.41) is 3.91. The summed E-state index contributed by atoms with van der Waals surface area (Å²) in [4.78, 5) is 6.45. The van der Waals surface area contributed by atoms with E-state index in [1.165, 1.54) is 6.07 Å². The van der Waals surface area contributed by atoms with Crippen molar-refractivity contribution in [3.63, 3.8) is 0 Å². The standard InChI is InChI=1S/C15H21FN4O.ClH/c1-2-7-20(11-14-18-15(10-17)21-19-14)8-6-12-4-3-5-13(16)9-12;/h3-5,9H,2,6-8,10-11,17H2,1H3;1H. The van der Waals surface area contributed by atoms with Gasteiger partial charge in [0.1, 0.15) is 5.82 Å². The van der Waals surface area contributed by atoms with Crippen LogP contribution >= 0.6 is 12.4 Å². The minimum absolute atomic E-state index is 0. The van der Waals surface area contributed by atoms with Crippen molar-refractivity contribution in [2.24, 2.45) is 5.73 Å². The zero-order chi connectivity index (χ0) is 15.1. The summed E-state index contributed by atoms with van der Waals surface area (Å²) in [7, 11) is 0. The quantitative estimate of drug-likeness (QED) is 0.806. The fourth-order valence-electron chi connectivity index (χ4n) is 2.20. The molecule has 0 unspecified atom stereocenters. The van der Waals surface area contributed by atoms with Gasteiger partial charge in [-0.1, -0.05) is 24.2 Å². The highest BCUT2D eigenvalue weighted by Gasteiger charge is 2.11. The maximum absolute atomic E-state index is 13.2. The number of hydrogen-bond acceptors (Lipinski definition) is 5. The average molecular weight is 329 g/mol. The fourth-order valence-corrected chi connectivity index (χ4v) is 2.20. The average Bonchev–Trinajstić information content (AvgIpc) is 2.93. The van der Waals surface area contributed by atoms with Gasteiger partial charge >= 0.3 is 0 Å². The maximum atomic E-state index is 13.2. The highest BCUT2D eigenvalue weighted by molar-refractivity contribution is 5.85. The van der Waals surface area contributed by atoms with E-state index >= 15 is 0 Å². The van der Waals surface area contributed by atoms with E-state index in [9.17, 15) is 4.39 Å². The Morgan fingerprint density at radius 3 is 2.77 bits per heavy atom. The van der Waals surface area contributed by atoms with Crippen molar-refractivity contribution in [3.05, 3.63) is 47.4 Å². The molecule has 1 aromatic carbocycles. The van der Waals surface area contributed by atoms with Crippen LogP contribution in [0.2, 0.25) is 0 Å². The van der Waals surface area contributed by atoms with E-state index in [0.717, 1.165) is 31.5 Å². The van der Waals surface area contributed by atoms with E-state index < -0.39 is 0 Å². The number of nitrogens with zero attached hydrogens (tertiary/aromatic N) is 3. The molecule has 0 radical (unpaired) electrons. The van der Waals surface area contributed by atoms with Crippen molar-refractivity contribution in [1.29, 1.82) is 0 Å². The van der Waals surface area contributed by atoms with Gasteiger partial charge in [0.25, 0.3) is 0 Å². The Morgan fingerprint density at radius 1 is 1.32 bits per heavy atom. The van der Waals surface area contributed by atoms with Crippen molar-refractivity contribution in [2.75, 3.05) is 13.1 Å². The first-order valence-corrected chi connectivity index (χ1v) is 7.19. The molecule has 2 N–H and O–H groups in total. The number of hydrogen-bond donors (Lipinski definition) is 1. The third-order valence-electron chi connectivity index (χ3n) is 3.20. The van der Waals surface area contributed by atoms with Gasteiger partial charge < -0.3 is 10.3 Å². The van der Waals surface area contributed by atoms with Crippen molar-refractivity contribution >= 4 is 12.4 Å². The zero-order valence-electron chi connectivity index (χ0n) is 12.7. The normalized spacial score (nSPS) is 10.7. The molecular weight excluding hydrogens is 307 g/mol. The summed E-state index contributed by atoms with van der Waals surface area (Å²) in [5.74, 6) is 0.898. The van der Waals surface area contributed by atoms with Crippen molar-refractivity contribution in [3.8, 4) is 0 Å². The predicted molar refractivity (Wildman–Crippen MR) is 85.1 cm³/mol. The van der Waals surface area contributed by atoms with E-state index in [0.29, 0.717) is 18.3 Å². The highest BCUT2D eigenvalue weighted by Crippen LogP contribution is 2.08. The molecule has 1 aromatic heterocycles. The molecule has 2 aromatic rings. The number of rotatable bonds is 8. The summed E-state index contributed by atoms with van der Waals surface area (Å²) in [5.41, 5.74) is 6.45. The smallest absolute Gasteiger partial charge is 0.240 e. The van der Waals surface area contributed by atoms with Crippen molar-refractivity contribution in [2.45, 2.75) is 32.9 Å². The molecule has 7 heteroatoms. The van der Waals surface area contributed by atoms with Crippen molar-refractivity contribution < 1.29 is 8.91 Å². The van der Waals surface area contributed by atoms with Gasteiger partial charge in [-0.3, -0.25) is 4.90 Å². The van der Waals surface area contributed by atoms with Crippen LogP contribution in [-0.4, -0.2) is 28.1 Å². The summed E-state index contributed by atoms with van der Waals surface area (Å²) in [6, 6.07) is 6.71. The topological polar surface area (TPSA) is 68.2 Å². The minimum atomic E-state index is -0.194. The second kappa shape index (κ2) is 9.50. The van der Waals surface area contributed by atoms with E-state index in [2.05, 4.69) is 22.0 Å². The van der Waals surface area contributed by atoms with Gasteiger partial charge in [0, 0.05) is 6.54 Å². The molecule has 0 spiro atoms. The minimum Gasteiger partial charge on any atom is -0.338 e. The maximum Gasteiger partial charge on any atom is 0.240 e. The third-order valence-corrected chi connectivity index (χ3v) is 3.20. The monoisotopic (exact) mass is 328 g/mol. The van der Waals surface area contributed by atoms with Crippen LogP contribution in [0.1, 0.15) is 30.6 Å². The van der Waals surface area contributed by atoms with E-state index in [4.69, 9.17) is 10.3 Å². The Labute approximate surface area is 136 Å². The number of nitrogens with two attached hydrogens (primary N) is 1. The molecule has 0 aliphatic carbocycles. The van der Waals surface area contributed by atoms with Crippen LogP contribution in [0.5, 0.6) is 0 Å². The summed E-state index contributed by atoms with van der Waals surface area (Å²) < 4.78 is 18.2. The third kappa shape index (κ3) is 5.71. The van der Waals surface area contributed by atoms with Gasteiger partial charge in [-0.25, -0.2) is 4.39 Å². The Balaban J connectivity index is 0.00000242. The molecule has 0 saturated heterocycles. The number of benzene rings is 1. The Hall–Kier alpha value is -1.50. The number of aromatic nitrogens is 2. The Morgan fingerprint density at radius 2 is 2.14 bits per heavy atom. The molecule has 22 heavy (non-hydrogen) atoms. The van der Waals surface area contributed by atoms with Crippen LogP contribution in [0.3, 0.4) is 0 Å². The largest absolute Gasteiger partial charge is 0.338 e. The lowest BCUT2D eigenvalue weighted by molar-refractivity contribution is 0.257. The van der Waals surface area contributed by atoms with Crippen LogP contribution in [-0.2, 0) is 19.5 Å². The molecule has 0 bridgehead atoms. The summed E-state index contributed by atoms with van der Waals surface area (Å²) >= 11 is 0. The molecule has 0 fully saturated rings. The van der Waals surface area contributed by atoms with E-state index in [1.54, 1.807) is 12.1 Å². The lowest BCUT2D eigenvalue weighted by Gasteiger charge is -2.19. The van der Waals surface area contributed by atoms with Crippen LogP contribution in [0.25, 0.3) is 0 Å². The fraction of sp³-hybridized carbons (Fsp3) is 0.467. The SMILES string of the molecule is CCCN(CCc1cccc(F)c1)Cc1noc(CN)n1.Cl. The van der Waals surface area contributed by atoms with Crippen LogP contribution in [0.4, 0.5) is 4.39 Å². The second-order valence-electron chi connectivity index (χ2n) is 4.96. The zero-order valence-corrected chi connectivity index (χ0v) is 13.5. The van der Waals surface area contributed by atoms with E-state index in [-0.39, 0.29) is 24.8 Å². The molecule has 122 valence electrons. The first-order chi connectivity index (χ1) is 10.2. The van der Waals surface area contributed by atoms with Crippen molar-refractivity contribution in [1.82, 2.24) is 15.0 Å². The summed E-state index contributed by atoms with van der Waals surface area (Å²) in [6.45, 7) is 4.75. The van der Waals surface area contributed by atoms with E-state index in [1.807, 2.05) is 6.07 Å². The van der Waals surface area contributed by atoms with Gasteiger partial charge in [-0.05, 0) is 37.1 Å². The molecular formula is C15H22ClFN4O. The van der Waals surface area contributed by atoms with Gasteiger partial charge in [-0.2, -0.15) is 4.98 Å². The van der Waals surface area contributed by atoms with Crippen LogP contribution < -0.4 is 5.73 Å². The predicted octanol–water partition coefficient (Wildman–Crippen LogP) is 2.54. The number of halogens is 2. The first kappa shape index (κ1) is 18.5. The molecule has 5 nitrogen and oxygen atoms in total. The molecule has 0 aliphatic heterocycles. The van der Waals surface area contributed by atoms with Gasteiger partial charge in [0.2, 0.25) is 5.89 Å². The molecule has 1 heterocycles. The lowest BCUT2D eigenvalue weighted by atomic mass is 10.1. The van der Waals surface area contributed by atoms with Gasteiger partial charge in [0.05, 0.1) is 13.1 Å². The van der Waals surface area contributed by atoms with Crippen LogP contribution in [0, 0.1) is 5.82 Å². The Kier molecular flexibility index (Phi) is 8.01. The first-order valence-electron chi connectivity index (χ1n) is 7.19. The van der Waals surface area contributed by atoms with Gasteiger partial charge in [-0.15, -0.1) is 12.4 Å². The van der Waals surface area contributed by atoms with Gasteiger partial charge in [0.15, 0.2) is 5.82 Å².